The summed E-state index contributed by atoms with van der Waals surface area (Å²) in [6.45, 7) is 2.50. The van der Waals surface area contributed by atoms with Gasteiger partial charge in [0.2, 0.25) is 11.1 Å². The molecule has 3 rings (SSSR count). The van der Waals surface area contributed by atoms with Gasteiger partial charge in [0.15, 0.2) is 0 Å². The van der Waals surface area contributed by atoms with Crippen LogP contribution in [0.25, 0.3) is 0 Å². The number of carbonyl (C=O) groups excluding carboxylic acids is 1. The van der Waals surface area contributed by atoms with Gasteiger partial charge >= 0.3 is 0 Å². The molecule has 0 spiro atoms. The van der Waals surface area contributed by atoms with Gasteiger partial charge in [0.1, 0.15) is 5.75 Å². The SMILES string of the molecule is COc1ccc(C2CCCN2C(=O)Cc2c(C)noc2Cl)nc1. The van der Waals surface area contributed by atoms with Crippen molar-refractivity contribution in [3.8, 4) is 5.75 Å². The summed E-state index contributed by atoms with van der Waals surface area (Å²) in [6.07, 6.45) is 3.74. The molecule has 1 atom stereocenters. The molecule has 0 saturated carbocycles. The van der Waals surface area contributed by atoms with Gasteiger partial charge in [0.25, 0.3) is 0 Å². The van der Waals surface area contributed by atoms with Crippen molar-refractivity contribution in [2.45, 2.75) is 32.2 Å². The molecule has 1 aliphatic rings. The minimum absolute atomic E-state index is 0.00709. The van der Waals surface area contributed by atoms with Crippen LogP contribution in [0.15, 0.2) is 22.9 Å². The number of hydrogen-bond acceptors (Lipinski definition) is 5. The van der Waals surface area contributed by atoms with Crippen molar-refractivity contribution < 1.29 is 14.1 Å². The Labute approximate surface area is 139 Å². The molecule has 1 unspecified atom stereocenters. The molecule has 7 heteroatoms. The number of methoxy groups -OCH3 is 1. The summed E-state index contributed by atoms with van der Waals surface area (Å²) < 4.78 is 10.0. The lowest BCUT2D eigenvalue weighted by atomic mass is 10.1. The molecule has 1 saturated heterocycles. The number of ether oxygens (including phenoxy) is 1. The van der Waals surface area contributed by atoms with E-state index in [1.54, 1.807) is 20.2 Å². The molecule has 0 aromatic carbocycles. The first-order chi connectivity index (χ1) is 11.1. The molecule has 0 aliphatic carbocycles. The van der Waals surface area contributed by atoms with Gasteiger partial charge in [-0.2, -0.15) is 0 Å². The van der Waals surface area contributed by atoms with Crippen LogP contribution < -0.4 is 4.74 Å². The van der Waals surface area contributed by atoms with Gasteiger partial charge in [-0.05, 0) is 43.5 Å². The van der Waals surface area contributed by atoms with E-state index >= 15 is 0 Å². The van der Waals surface area contributed by atoms with E-state index in [-0.39, 0.29) is 23.6 Å². The fourth-order valence-corrected chi connectivity index (χ4v) is 3.13. The maximum Gasteiger partial charge on any atom is 0.229 e. The Morgan fingerprint density at radius 2 is 2.35 bits per heavy atom. The van der Waals surface area contributed by atoms with E-state index in [1.807, 2.05) is 17.0 Å². The fraction of sp³-hybridized carbons (Fsp3) is 0.438. The van der Waals surface area contributed by atoms with E-state index in [0.717, 1.165) is 25.1 Å². The second-order valence-corrected chi connectivity index (χ2v) is 5.91. The standard InChI is InChI=1S/C16H18ClN3O3/c1-10-12(16(17)23-19-10)8-15(21)20-7-3-4-14(20)13-6-5-11(22-2)9-18-13/h5-6,9,14H,3-4,7-8H2,1-2H3. The van der Waals surface area contributed by atoms with Crippen LogP contribution in [0.3, 0.4) is 0 Å². The molecule has 122 valence electrons. The highest BCUT2D eigenvalue weighted by Gasteiger charge is 2.31. The Kier molecular flexibility index (Phi) is 4.52. The summed E-state index contributed by atoms with van der Waals surface area (Å²) in [4.78, 5) is 18.9. The average molecular weight is 336 g/mol. The molecule has 1 aliphatic heterocycles. The molecule has 0 N–H and O–H groups in total. The highest BCUT2D eigenvalue weighted by atomic mass is 35.5. The topological polar surface area (TPSA) is 68.5 Å². The number of nitrogens with zero attached hydrogens (tertiary/aromatic N) is 3. The molecule has 3 heterocycles. The number of aromatic nitrogens is 2. The monoisotopic (exact) mass is 335 g/mol. The summed E-state index contributed by atoms with van der Waals surface area (Å²) >= 11 is 5.96. The molecular weight excluding hydrogens is 318 g/mol. The number of halogens is 1. The third-order valence-corrected chi connectivity index (χ3v) is 4.47. The Morgan fingerprint density at radius 3 is 2.96 bits per heavy atom. The zero-order chi connectivity index (χ0) is 16.4. The zero-order valence-corrected chi connectivity index (χ0v) is 13.8. The summed E-state index contributed by atoms with van der Waals surface area (Å²) in [6, 6.07) is 3.77. The van der Waals surface area contributed by atoms with Crippen LogP contribution in [0.2, 0.25) is 5.22 Å². The van der Waals surface area contributed by atoms with E-state index in [1.165, 1.54) is 0 Å². The van der Waals surface area contributed by atoms with Crippen molar-refractivity contribution in [1.82, 2.24) is 15.0 Å². The van der Waals surface area contributed by atoms with Crippen LogP contribution in [-0.4, -0.2) is 34.6 Å². The summed E-state index contributed by atoms with van der Waals surface area (Å²) in [7, 11) is 1.60. The molecule has 2 aromatic rings. The number of aryl methyl sites for hydroxylation is 1. The number of carbonyl (C=O) groups is 1. The number of amides is 1. The summed E-state index contributed by atoms with van der Waals surface area (Å²) in [5.74, 6) is 0.717. The Balaban J connectivity index is 1.76. The van der Waals surface area contributed by atoms with Crippen molar-refractivity contribution >= 4 is 17.5 Å². The Morgan fingerprint density at radius 1 is 1.52 bits per heavy atom. The quantitative estimate of drug-likeness (QED) is 0.859. The van der Waals surface area contributed by atoms with Crippen molar-refractivity contribution in [1.29, 1.82) is 0 Å². The molecule has 0 radical (unpaired) electrons. The largest absolute Gasteiger partial charge is 0.495 e. The molecular formula is C16H18ClN3O3. The highest BCUT2D eigenvalue weighted by molar-refractivity contribution is 6.29. The molecule has 6 nitrogen and oxygen atoms in total. The average Bonchev–Trinajstić information content (AvgIpc) is 3.17. The van der Waals surface area contributed by atoms with E-state index in [4.69, 9.17) is 20.9 Å². The first-order valence-electron chi connectivity index (χ1n) is 7.50. The van der Waals surface area contributed by atoms with Gasteiger partial charge in [-0.1, -0.05) is 5.16 Å². The van der Waals surface area contributed by atoms with Crippen LogP contribution in [0.1, 0.15) is 35.8 Å². The third kappa shape index (κ3) is 3.17. The van der Waals surface area contributed by atoms with E-state index in [2.05, 4.69) is 10.1 Å². The minimum atomic E-state index is -0.00709. The number of likely N-dealkylation sites (tertiary alicyclic amines) is 1. The lowest BCUT2D eigenvalue weighted by molar-refractivity contribution is -0.131. The van der Waals surface area contributed by atoms with Crippen molar-refractivity contribution in [2.24, 2.45) is 0 Å². The van der Waals surface area contributed by atoms with E-state index in [0.29, 0.717) is 17.0 Å². The maximum absolute atomic E-state index is 12.7. The lowest BCUT2D eigenvalue weighted by Gasteiger charge is -2.24. The predicted molar refractivity (Wildman–Crippen MR) is 84.4 cm³/mol. The second-order valence-electron chi connectivity index (χ2n) is 5.57. The number of pyridine rings is 1. The van der Waals surface area contributed by atoms with Crippen molar-refractivity contribution in [2.75, 3.05) is 13.7 Å². The molecule has 1 fully saturated rings. The van der Waals surface area contributed by atoms with E-state index in [9.17, 15) is 4.79 Å². The minimum Gasteiger partial charge on any atom is -0.495 e. The summed E-state index contributed by atoms with van der Waals surface area (Å²) in [5, 5.41) is 3.98. The molecule has 0 bridgehead atoms. The predicted octanol–water partition coefficient (Wildman–Crippen LogP) is 2.95. The van der Waals surface area contributed by atoms with Gasteiger partial charge in [-0.15, -0.1) is 0 Å². The molecule has 1 amide bonds. The number of rotatable bonds is 4. The van der Waals surface area contributed by atoms with Gasteiger partial charge in [0.05, 0.1) is 37.2 Å². The Bertz CT molecular complexity index is 680. The van der Waals surface area contributed by atoms with Crippen LogP contribution in [0.5, 0.6) is 5.75 Å². The van der Waals surface area contributed by atoms with E-state index < -0.39 is 0 Å². The van der Waals surface area contributed by atoms with Gasteiger partial charge in [-0.25, -0.2) is 0 Å². The smallest absolute Gasteiger partial charge is 0.229 e. The van der Waals surface area contributed by atoms with Gasteiger partial charge in [-0.3, -0.25) is 9.78 Å². The molecule has 2 aromatic heterocycles. The third-order valence-electron chi connectivity index (χ3n) is 4.17. The fourth-order valence-electron chi connectivity index (χ4n) is 2.89. The molecule has 23 heavy (non-hydrogen) atoms. The summed E-state index contributed by atoms with van der Waals surface area (Å²) in [5.41, 5.74) is 2.19. The maximum atomic E-state index is 12.7. The van der Waals surface area contributed by atoms with Gasteiger partial charge < -0.3 is 14.2 Å². The first-order valence-corrected chi connectivity index (χ1v) is 7.88. The Hall–Kier alpha value is -2.08. The van der Waals surface area contributed by atoms with Crippen LogP contribution in [0.4, 0.5) is 0 Å². The zero-order valence-electron chi connectivity index (χ0n) is 13.1. The highest BCUT2D eigenvalue weighted by Crippen LogP contribution is 2.32. The first kappa shape index (κ1) is 15.8. The van der Waals surface area contributed by atoms with Crippen LogP contribution in [0, 0.1) is 6.92 Å². The van der Waals surface area contributed by atoms with Crippen molar-refractivity contribution in [3.05, 3.63) is 40.5 Å². The van der Waals surface area contributed by atoms with Crippen LogP contribution >= 0.6 is 11.6 Å². The van der Waals surface area contributed by atoms with Gasteiger partial charge in [0, 0.05) is 12.1 Å². The lowest BCUT2D eigenvalue weighted by Crippen LogP contribution is -2.32. The van der Waals surface area contributed by atoms with Crippen molar-refractivity contribution in [3.63, 3.8) is 0 Å². The normalized spacial score (nSPS) is 17.5. The number of hydrogen-bond donors (Lipinski definition) is 0. The van der Waals surface area contributed by atoms with Crippen LogP contribution in [-0.2, 0) is 11.2 Å². The second kappa shape index (κ2) is 6.58.